The molecule has 0 bridgehead atoms. The Morgan fingerprint density at radius 3 is 2.57 bits per heavy atom. The number of aryl methyl sites for hydroxylation is 1. The number of pyridine rings is 1. The fraction of sp³-hybridized carbons (Fsp3) is 0.385. The summed E-state index contributed by atoms with van der Waals surface area (Å²) in [5.41, 5.74) is 3.28. The molecule has 1 aliphatic heterocycles. The van der Waals surface area contributed by atoms with Gasteiger partial charge in [-0.25, -0.2) is 9.59 Å². The topological polar surface area (TPSA) is 113 Å². The third kappa shape index (κ3) is 4.64. The second-order valence-corrected chi connectivity index (χ2v) is 9.05. The van der Waals surface area contributed by atoms with Gasteiger partial charge in [-0.3, -0.25) is 9.48 Å². The molecule has 9 nitrogen and oxygen atoms in total. The first kappa shape index (κ1) is 24.4. The van der Waals surface area contributed by atoms with Crippen LogP contribution in [0, 0.1) is 5.92 Å². The lowest BCUT2D eigenvalue weighted by atomic mass is 9.84. The number of carboxylic acids is 1. The molecule has 3 aromatic rings. The van der Waals surface area contributed by atoms with Crippen LogP contribution in [0.1, 0.15) is 52.6 Å². The Labute approximate surface area is 202 Å². The third-order valence-electron chi connectivity index (χ3n) is 6.47. The van der Waals surface area contributed by atoms with Crippen molar-refractivity contribution in [1.29, 1.82) is 0 Å². The van der Waals surface area contributed by atoms with Crippen LogP contribution >= 0.6 is 0 Å². The van der Waals surface area contributed by atoms with E-state index >= 15 is 0 Å². The number of aromatic nitrogens is 3. The molecule has 3 heterocycles. The van der Waals surface area contributed by atoms with Gasteiger partial charge in [-0.05, 0) is 42.0 Å². The molecule has 0 radical (unpaired) electrons. The van der Waals surface area contributed by atoms with E-state index in [0.717, 1.165) is 17.5 Å². The number of carbonyl (C=O) groups is 2. The van der Waals surface area contributed by atoms with E-state index < -0.39 is 17.4 Å². The van der Waals surface area contributed by atoms with Crippen LogP contribution in [-0.4, -0.2) is 52.2 Å². The smallest absolute Gasteiger partial charge is 0.341 e. The lowest BCUT2D eigenvalue weighted by Gasteiger charge is -2.34. The molecule has 1 aliphatic rings. The Bertz CT molecular complexity index is 1340. The molecule has 1 unspecified atom stereocenters. The molecule has 1 N–H and O–H groups in total. The van der Waals surface area contributed by atoms with E-state index in [9.17, 15) is 19.5 Å². The molecule has 1 aromatic carbocycles. The molecule has 35 heavy (non-hydrogen) atoms. The Hall–Kier alpha value is -3.72. The predicted molar refractivity (Wildman–Crippen MR) is 130 cm³/mol. The second-order valence-electron chi connectivity index (χ2n) is 9.05. The zero-order valence-corrected chi connectivity index (χ0v) is 20.3. The molecule has 4 rings (SSSR count). The van der Waals surface area contributed by atoms with Gasteiger partial charge in [0.05, 0.1) is 24.6 Å². The van der Waals surface area contributed by atoms with Gasteiger partial charge in [0, 0.05) is 55.9 Å². The highest BCUT2D eigenvalue weighted by atomic mass is 16.5. The third-order valence-corrected chi connectivity index (χ3v) is 6.47. The zero-order chi connectivity index (χ0) is 25.3. The molecule has 0 aliphatic carbocycles. The number of carboxylic acid groups (broad SMARTS) is 1. The largest absolute Gasteiger partial charge is 0.477 e. The van der Waals surface area contributed by atoms with Crippen molar-refractivity contribution in [2.24, 2.45) is 5.92 Å². The van der Waals surface area contributed by atoms with Crippen LogP contribution in [0.4, 0.5) is 0 Å². The van der Waals surface area contributed by atoms with Crippen molar-refractivity contribution in [3.63, 3.8) is 0 Å². The molecule has 9 heteroatoms. The minimum absolute atomic E-state index is 0.0511. The zero-order valence-electron chi connectivity index (χ0n) is 20.3. The van der Waals surface area contributed by atoms with Crippen LogP contribution < -0.4 is 5.43 Å². The van der Waals surface area contributed by atoms with E-state index in [1.165, 1.54) is 19.4 Å². The lowest BCUT2D eigenvalue weighted by Crippen LogP contribution is -2.28. The maximum Gasteiger partial charge on any atom is 0.341 e. The van der Waals surface area contributed by atoms with Gasteiger partial charge >= 0.3 is 11.9 Å². The summed E-state index contributed by atoms with van der Waals surface area (Å²) in [5.74, 6) is -1.58. The summed E-state index contributed by atoms with van der Waals surface area (Å²) in [6.07, 6.45) is 6.47. The number of carbonyl (C=O) groups excluding carboxylic acids is 1. The molecule has 184 valence electrons. The highest BCUT2D eigenvalue weighted by Crippen LogP contribution is 2.40. The predicted octanol–water partition coefficient (Wildman–Crippen LogP) is 3.65. The maximum absolute atomic E-state index is 12.8. The number of nitrogens with zero attached hydrogens (tertiary/aromatic N) is 3. The highest BCUT2D eigenvalue weighted by Gasteiger charge is 2.30. The first-order chi connectivity index (χ1) is 16.7. The second kappa shape index (κ2) is 9.87. The summed E-state index contributed by atoms with van der Waals surface area (Å²) in [6.45, 7) is 5.43. The molecular formula is C26H29N3O6. The number of fused-ring (bicyclic) bond motifs is 3. The average molecular weight is 480 g/mol. The van der Waals surface area contributed by atoms with E-state index in [4.69, 9.17) is 9.47 Å². The number of aromatic carboxylic acids is 1. The van der Waals surface area contributed by atoms with Crippen molar-refractivity contribution >= 4 is 11.9 Å². The number of hydrogen-bond acceptors (Lipinski definition) is 6. The van der Waals surface area contributed by atoms with E-state index in [0.29, 0.717) is 42.0 Å². The van der Waals surface area contributed by atoms with E-state index in [-0.39, 0.29) is 17.5 Å². The normalized spacial score (nSPS) is 14.5. The van der Waals surface area contributed by atoms with Crippen molar-refractivity contribution in [2.75, 3.05) is 20.8 Å². The number of methoxy groups -OCH3 is 2. The average Bonchev–Trinajstić information content (AvgIpc) is 3.30. The summed E-state index contributed by atoms with van der Waals surface area (Å²) in [7, 11) is 2.98. The van der Waals surface area contributed by atoms with Crippen molar-refractivity contribution in [3.05, 3.63) is 63.7 Å². The summed E-state index contributed by atoms with van der Waals surface area (Å²) in [6, 6.07) is 5.00. The van der Waals surface area contributed by atoms with Crippen LogP contribution in [0.2, 0.25) is 0 Å². The fourth-order valence-corrected chi connectivity index (χ4v) is 4.65. The summed E-state index contributed by atoms with van der Waals surface area (Å²) < 4.78 is 13.8. The minimum Gasteiger partial charge on any atom is -0.477 e. The lowest BCUT2D eigenvalue weighted by molar-refractivity contribution is 0.0600. The van der Waals surface area contributed by atoms with Crippen molar-refractivity contribution in [2.45, 2.75) is 39.3 Å². The monoisotopic (exact) mass is 479 g/mol. The minimum atomic E-state index is -1.26. The summed E-state index contributed by atoms with van der Waals surface area (Å²) >= 11 is 0. The van der Waals surface area contributed by atoms with Crippen LogP contribution in [0.3, 0.4) is 0 Å². The number of hydrogen-bond donors (Lipinski definition) is 1. The van der Waals surface area contributed by atoms with Gasteiger partial charge in [0.15, 0.2) is 5.43 Å². The van der Waals surface area contributed by atoms with Gasteiger partial charge in [-0.1, -0.05) is 13.8 Å². The summed E-state index contributed by atoms with van der Waals surface area (Å²) in [5, 5.41) is 13.9. The standard InChI is InChI=1S/C26H29N3O6/c1-15(2)22-9-16-8-18(17-12-27-28(13-17)6-5-7-34-3)20(26(33)35-4)10-19(16)23-11-24(30)21(25(31)32)14-29(22)23/h8,10-15,22H,5-7,9H2,1-4H3,(H,31,32). The Kier molecular flexibility index (Phi) is 6.88. The highest BCUT2D eigenvalue weighted by molar-refractivity contribution is 5.99. The Morgan fingerprint density at radius 2 is 1.91 bits per heavy atom. The number of benzene rings is 1. The molecule has 2 aromatic heterocycles. The van der Waals surface area contributed by atoms with Crippen LogP contribution in [0.5, 0.6) is 0 Å². The maximum atomic E-state index is 12.8. The van der Waals surface area contributed by atoms with E-state index in [1.54, 1.807) is 19.4 Å². The first-order valence-electron chi connectivity index (χ1n) is 11.5. The van der Waals surface area contributed by atoms with Crippen molar-refractivity contribution in [1.82, 2.24) is 14.3 Å². The summed E-state index contributed by atoms with van der Waals surface area (Å²) in [4.78, 5) is 37.0. The van der Waals surface area contributed by atoms with Gasteiger partial charge in [-0.2, -0.15) is 5.10 Å². The fourth-order valence-electron chi connectivity index (χ4n) is 4.65. The van der Waals surface area contributed by atoms with Crippen LogP contribution in [0.25, 0.3) is 22.4 Å². The van der Waals surface area contributed by atoms with E-state index in [2.05, 4.69) is 18.9 Å². The first-order valence-corrected chi connectivity index (χ1v) is 11.5. The quantitative estimate of drug-likeness (QED) is 0.388. The number of rotatable bonds is 8. The van der Waals surface area contributed by atoms with Gasteiger partial charge < -0.3 is 19.1 Å². The van der Waals surface area contributed by atoms with Gasteiger partial charge in [0.1, 0.15) is 5.56 Å². The molecule has 0 fully saturated rings. The molecule has 0 spiro atoms. The molecule has 0 saturated carbocycles. The number of ether oxygens (including phenoxy) is 2. The van der Waals surface area contributed by atoms with Crippen molar-refractivity contribution in [3.8, 4) is 22.4 Å². The molecular weight excluding hydrogens is 450 g/mol. The Balaban J connectivity index is 1.89. The van der Waals surface area contributed by atoms with Crippen LogP contribution in [-0.2, 0) is 22.4 Å². The molecule has 0 amide bonds. The van der Waals surface area contributed by atoms with Gasteiger partial charge in [-0.15, -0.1) is 0 Å². The SMILES string of the molecule is COCCCn1cc(-c2cc3c(cc2C(=O)OC)-c2cc(=O)c(C(=O)O)cn2C(C(C)C)C3)cn1. The Morgan fingerprint density at radius 1 is 1.14 bits per heavy atom. The van der Waals surface area contributed by atoms with Gasteiger partial charge in [0.2, 0.25) is 0 Å². The van der Waals surface area contributed by atoms with E-state index in [1.807, 2.05) is 21.5 Å². The molecule has 1 atom stereocenters. The number of esters is 1. The molecule has 0 saturated heterocycles. The van der Waals surface area contributed by atoms with Gasteiger partial charge in [0.25, 0.3) is 0 Å². The van der Waals surface area contributed by atoms with Crippen molar-refractivity contribution < 1.29 is 24.2 Å². The van der Waals surface area contributed by atoms with Crippen LogP contribution in [0.15, 0.2) is 41.6 Å².